The zero-order valence-electron chi connectivity index (χ0n) is 15.1. The number of fused-ring (bicyclic) bond motifs is 1. The molecule has 1 heterocycles. The molecule has 3 rings (SSSR count). The Morgan fingerprint density at radius 3 is 2.64 bits per heavy atom. The Bertz CT molecular complexity index is 1030. The first-order valence-corrected chi connectivity index (χ1v) is 9.14. The Morgan fingerprint density at radius 1 is 1.18 bits per heavy atom. The van der Waals surface area contributed by atoms with Crippen molar-refractivity contribution in [3.05, 3.63) is 63.7 Å². The SMILES string of the molecule is Cc1ccc(C(=O)NNC(=O)[C@@H](C)Nc2nc3ccccc3s2)cc1[N+](=O)[O-]. The molecule has 0 unspecified atom stereocenters. The molecule has 2 aromatic carbocycles. The molecule has 0 saturated carbocycles. The smallest absolute Gasteiger partial charge is 0.273 e. The number of amides is 2. The molecule has 0 bridgehead atoms. The molecule has 2 amide bonds. The molecular weight excluding hydrogens is 382 g/mol. The van der Waals surface area contributed by atoms with Gasteiger partial charge in [0.25, 0.3) is 17.5 Å². The van der Waals surface area contributed by atoms with Crippen molar-refractivity contribution in [3.63, 3.8) is 0 Å². The lowest BCUT2D eigenvalue weighted by atomic mass is 10.1. The van der Waals surface area contributed by atoms with Gasteiger partial charge in [0, 0.05) is 17.2 Å². The monoisotopic (exact) mass is 399 g/mol. The van der Waals surface area contributed by atoms with Gasteiger partial charge in [-0.15, -0.1) is 0 Å². The number of nitro groups is 1. The third kappa shape index (κ3) is 4.23. The highest BCUT2D eigenvalue weighted by atomic mass is 32.1. The Morgan fingerprint density at radius 2 is 1.93 bits per heavy atom. The third-order valence-electron chi connectivity index (χ3n) is 3.99. The number of hydrazine groups is 1. The Balaban J connectivity index is 1.59. The van der Waals surface area contributed by atoms with Crippen molar-refractivity contribution < 1.29 is 14.5 Å². The minimum atomic E-state index is -0.659. The van der Waals surface area contributed by atoms with E-state index in [-0.39, 0.29) is 11.3 Å². The van der Waals surface area contributed by atoms with Crippen molar-refractivity contribution in [1.29, 1.82) is 0 Å². The van der Waals surface area contributed by atoms with E-state index in [1.165, 1.54) is 29.5 Å². The summed E-state index contributed by atoms with van der Waals surface area (Å²) in [5.74, 6) is -1.13. The maximum Gasteiger partial charge on any atom is 0.273 e. The van der Waals surface area contributed by atoms with Gasteiger partial charge in [-0.05, 0) is 32.0 Å². The van der Waals surface area contributed by atoms with E-state index in [0.717, 1.165) is 10.2 Å². The van der Waals surface area contributed by atoms with E-state index in [1.54, 1.807) is 13.8 Å². The molecule has 0 fully saturated rings. The molecule has 1 atom stereocenters. The van der Waals surface area contributed by atoms with Crippen LogP contribution in [0.3, 0.4) is 0 Å². The standard InChI is InChI=1S/C18H17N5O4S/c1-10-7-8-12(9-14(10)23(26)27)17(25)22-21-16(24)11(2)19-18-20-13-5-3-4-6-15(13)28-18/h3-9,11H,1-2H3,(H,19,20)(H,21,24)(H,22,25)/t11-/m1/s1. The summed E-state index contributed by atoms with van der Waals surface area (Å²) in [5, 5.41) is 14.5. The van der Waals surface area contributed by atoms with Crippen molar-refractivity contribution in [2.24, 2.45) is 0 Å². The van der Waals surface area contributed by atoms with E-state index in [4.69, 9.17) is 0 Å². The normalized spacial score (nSPS) is 11.6. The van der Waals surface area contributed by atoms with Crippen LogP contribution in [0, 0.1) is 17.0 Å². The number of anilines is 1. The van der Waals surface area contributed by atoms with Crippen LogP contribution >= 0.6 is 11.3 Å². The first kappa shape index (κ1) is 19.2. The largest absolute Gasteiger partial charge is 0.350 e. The maximum absolute atomic E-state index is 12.2. The first-order valence-electron chi connectivity index (χ1n) is 8.32. The summed E-state index contributed by atoms with van der Waals surface area (Å²) in [6, 6.07) is 11.0. The first-order chi connectivity index (χ1) is 13.3. The summed E-state index contributed by atoms with van der Waals surface area (Å²) in [4.78, 5) is 39.2. The van der Waals surface area contributed by atoms with E-state index in [1.807, 2.05) is 24.3 Å². The van der Waals surface area contributed by atoms with Crippen LogP contribution in [-0.4, -0.2) is 27.8 Å². The summed E-state index contributed by atoms with van der Waals surface area (Å²) < 4.78 is 0.992. The molecule has 28 heavy (non-hydrogen) atoms. The van der Waals surface area contributed by atoms with Crippen molar-refractivity contribution in [1.82, 2.24) is 15.8 Å². The van der Waals surface area contributed by atoms with Crippen LogP contribution in [-0.2, 0) is 4.79 Å². The quantitative estimate of drug-likeness (QED) is 0.447. The second-order valence-corrected chi connectivity index (χ2v) is 7.09. The molecule has 9 nitrogen and oxygen atoms in total. The third-order valence-corrected chi connectivity index (χ3v) is 4.96. The summed E-state index contributed by atoms with van der Waals surface area (Å²) in [5.41, 5.74) is 5.75. The summed E-state index contributed by atoms with van der Waals surface area (Å²) in [6.45, 7) is 3.21. The lowest BCUT2D eigenvalue weighted by Crippen LogP contribution is -2.47. The lowest BCUT2D eigenvalue weighted by molar-refractivity contribution is -0.385. The highest BCUT2D eigenvalue weighted by Crippen LogP contribution is 2.25. The second kappa shape index (κ2) is 8.01. The fraction of sp³-hybridized carbons (Fsp3) is 0.167. The van der Waals surface area contributed by atoms with Gasteiger partial charge in [0.15, 0.2) is 5.13 Å². The molecule has 0 aliphatic rings. The van der Waals surface area contributed by atoms with Crippen LogP contribution in [0.1, 0.15) is 22.8 Å². The molecule has 3 N–H and O–H groups in total. The molecule has 10 heteroatoms. The van der Waals surface area contributed by atoms with Crippen molar-refractivity contribution in [3.8, 4) is 0 Å². The zero-order valence-corrected chi connectivity index (χ0v) is 15.9. The second-order valence-electron chi connectivity index (χ2n) is 6.05. The van der Waals surface area contributed by atoms with Crippen molar-refractivity contribution in [2.45, 2.75) is 19.9 Å². The number of benzene rings is 2. The van der Waals surface area contributed by atoms with Gasteiger partial charge < -0.3 is 5.32 Å². The van der Waals surface area contributed by atoms with E-state index < -0.39 is 22.8 Å². The number of nitrogens with one attached hydrogen (secondary N) is 3. The number of aryl methyl sites for hydroxylation is 1. The van der Waals surface area contributed by atoms with Gasteiger partial charge in [-0.1, -0.05) is 29.5 Å². The minimum absolute atomic E-state index is 0.0735. The average molecular weight is 399 g/mol. The van der Waals surface area contributed by atoms with Gasteiger partial charge in [0.1, 0.15) is 6.04 Å². The molecule has 0 saturated heterocycles. The maximum atomic E-state index is 12.2. The van der Waals surface area contributed by atoms with E-state index >= 15 is 0 Å². The number of nitrogens with zero attached hydrogens (tertiary/aromatic N) is 2. The summed E-state index contributed by atoms with van der Waals surface area (Å²) in [7, 11) is 0. The minimum Gasteiger partial charge on any atom is -0.350 e. The van der Waals surface area contributed by atoms with Crippen LogP contribution < -0.4 is 16.2 Å². The number of hydrogen-bond donors (Lipinski definition) is 3. The molecular formula is C18H17N5O4S. The van der Waals surface area contributed by atoms with Crippen LogP contribution in [0.15, 0.2) is 42.5 Å². The number of carbonyl (C=O) groups excluding carboxylic acids is 2. The van der Waals surface area contributed by atoms with Crippen LogP contribution in [0.4, 0.5) is 10.8 Å². The fourth-order valence-corrected chi connectivity index (χ4v) is 3.38. The lowest BCUT2D eigenvalue weighted by Gasteiger charge is -2.14. The van der Waals surface area contributed by atoms with Gasteiger partial charge in [-0.3, -0.25) is 30.6 Å². The van der Waals surface area contributed by atoms with E-state index in [9.17, 15) is 19.7 Å². The number of aromatic nitrogens is 1. The number of nitro benzene ring substituents is 1. The summed E-state index contributed by atoms with van der Waals surface area (Å²) >= 11 is 1.42. The molecule has 0 spiro atoms. The predicted octanol–water partition coefficient (Wildman–Crippen LogP) is 2.77. The fourth-order valence-electron chi connectivity index (χ4n) is 2.43. The number of carbonyl (C=O) groups is 2. The Labute approximate surface area is 163 Å². The average Bonchev–Trinajstić information content (AvgIpc) is 3.08. The van der Waals surface area contributed by atoms with Gasteiger partial charge in [0.05, 0.1) is 15.1 Å². The highest BCUT2D eigenvalue weighted by molar-refractivity contribution is 7.22. The zero-order chi connectivity index (χ0) is 20.3. The molecule has 3 aromatic rings. The van der Waals surface area contributed by atoms with Gasteiger partial charge in [-0.2, -0.15) is 0 Å². The highest BCUT2D eigenvalue weighted by Gasteiger charge is 2.18. The number of para-hydroxylation sites is 1. The summed E-state index contributed by atoms with van der Waals surface area (Å²) in [6.07, 6.45) is 0. The number of thiazole rings is 1. The molecule has 0 aliphatic heterocycles. The molecule has 0 radical (unpaired) electrons. The number of rotatable bonds is 5. The van der Waals surface area contributed by atoms with E-state index in [2.05, 4.69) is 21.2 Å². The topological polar surface area (TPSA) is 126 Å². The van der Waals surface area contributed by atoms with Crippen LogP contribution in [0.2, 0.25) is 0 Å². The predicted molar refractivity (Wildman–Crippen MR) is 106 cm³/mol. The molecule has 1 aromatic heterocycles. The van der Waals surface area contributed by atoms with Crippen LogP contribution in [0.5, 0.6) is 0 Å². The van der Waals surface area contributed by atoms with Gasteiger partial charge >= 0.3 is 0 Å². The van der Waals surface area contributed by atoms with Gasteiger partial charge in [-0.25, -0.2) is 4.98 Å². The van der Waals surface area contributed by atoms with Gasteiger partial charge in [0.2, 0.25) is 0 Å². The Kier molecular flexibility index (Phi) is 5.50. The van der Waals surface area contributed by atoms with Crippen LogP contribution in [0.25, 0.3) is 10.2 Å². The van der Waals surface area contributed by atoms with Crippen molar-refractivity contribution in [2.75, 3.05) is 5.32 Å². The molecule has 0 aliphatic carbocycles. The molecule has 144 valence electrons. The van der Waals surface area contributed by atoms with E-state index in [0.29, 0.717) is 10.7 Å². The number of hydrogen-bond acceptors (Lipinski definition) is 7. The van der Waals surface area contributed by atoms with Crippen molar-refractivity contribution >= 4 is 44.2 Å². The Hall–Kier alpha value is -3.53.